The number of allylic oxidation sites excluding steroid dienone is 1. The molecule has 0 amide bonds. The van der Waals surface area contributed by atoms with Crippen LogP contribution in [-0.2, 0) is 33.3 Å². The van der Waals surface area contributed by atoms with Gasteiger partial charge in [-0.2, -0.15) is 0 Å². The molecule has 2 aliphatic rings. The summed E-state index contributed by atoms with van der Waals surface area (Å²) >= 11 is 0. The Hall–Kier alpha value is -2.15. The van der Waals surface area contributed by atoms with Crippen molar-refractivity contribution in [3.8, 4) is 0 Å². The van der Waals surface area contributed by atoms with E-state index in [1.165, 1.54) is 0 Å². The lowest BCUT2D eigenvalue weighted by molar-refractivity contribution is -0.154. The van der Waals surface area contributed by atoms with Crippen molar-refractivity contribution in [3.63, 3.8) is 0 Å². The average Bonchev–Trinajstić information content (AvgIpc) is 3.40. The third-order valence-corrected chi connectivity index (χ3v) is 3.90. The van der Waals surface area contributed by atoms with E-state index in [4.69, 9.17) is 18.9 Å². The molecule has 0 bridgehead atoms. The van der Waals surface area contributed by atoms with Gasteiger partial charge in [0.25, 0.3) is 0 Å². The van der Waals surface area contributed by atoms with Gasteiger partial charge in [0, 0.05) is 6.08 Å². The van der Waals surface area contributed by atoms with E-state index in [1.807, 2.05) is 6.92 Å². The number of epoxide rings is 1. The lowest BCUT2D eigenvalue weighted by atomic mass is 9.83. The summed E-state index contributed by atoms with van der Waals surface area (Å²) in [4.78, 5) is 35.5. The van der Waals surface area contributed by atoms with Crippen LogP contribution in [0.3, 0.4) is 0 Å². The first-order valence-electron chi connectivity index (χ1n) is 7.97. The second-order valence-corrected chi connectivity index (χ2v) is 5.73. The van der Waals surface area contributed by atoms with Crippen molar-refractivity contribution in [2.24, 2.45) is 5.92 Å². The Bertz CT molecular complexity index is 545. The van der Waals surface area contributed by atoms with Crippen LogP contribution in [0.1, 0.15) is 26.2 Å². The van der Waals surface area contributed by atoms with E-state index in [0.717, 1.165) is 24.5 Å². The summed E-state index contributed by atoms with van der Waals surface area (Å²) < 4.78 is 20.1. The van der Waals surface area contributed by atoms with Gasteiger partial charge < -0.3 is 18.9 Å². The molecule has 1 heterocycles. The van der Waals surface area contributed by atoms with Crippen molar-refractivity contribution in [1.29, 1.82) is 0 Å². The maximum absolute atomic E-state index is 12.3. The molecule has 7 nitrogen and oxygen atoms in total. The summed E-state index contributed by atoms with van der Waals surface area (Å²) in [6, 6.07) is 0. The Kier molecular flexibility index (Phi) is 6.54. The van der Waals surface area contributed by atoms with Gasteiger partial charge in [-0.25, -0.2) is 9.59 Å². The Morgan fingerprint density at radius 3 is 2.62 bits per heavy atom. The largest absolute Gasteiger partial charge is 0.462 e. The fourth-order valence-electron chi connectivity index (χ4n) is 2.55. The van der Waals surface area contributed by atoms with Crippen LogP contribution in [0.15, 0.2) is 23.8 Å². The van der Waals surface area contributed by atoms with Crippen molar-refractivity contribution in [3.05, 3.63) is 23.8 Å². The molecule has 1 fully saturated rings. The maximum Gasteiger partial charge on any atom is 0.334 e. The number of hydrogen-bond donors (Lipinski definition) is 0. The summed E-state index contributed by atoms with van der Waals surface area (Å²) in [7, 11) is 0. The first kappa shape index (κ1) is 18.2. The standard InChI is InChI=1S/C17H22O7/c1-3-14(18)21-7-8-22-16(19)13-6-4-5-11(2)15(13)17(20)24-10-12-9-23-12/h3,12-13H,1,4-10H2,2H3. The average molecular weight is 338 g/mol. The Labute approximate surface area is 140 Å². The van der Waals surface area contributed by atoms with Crippen LogP contribution in [0.2, 0.25) is 0 Å². The minimum atomic E-state index is -0.638. The minimum Gasteiger partial charge on any atom is -0.462 e. The first-order valence-corrected chi connectivity index (χ1v) is 7.97. The van der Waals surface area contributed by atoms with Crippen LogP contribution in [0, 0.1) is 5.92 Å². The molecule has 0 aromatic carbocycles. The second-order valence-electron chi connectivity index (χ2n) is 5.73. The molecule has 0 spiro atoms. The summed E-state index contributed by atoms with van der Waals surface area (Å²) in [5.74, 6) is -2.20. The summed E-state index contributed by atoms with van der Waals surface area (Å²) in [6.45, 7) is 5.79. The maximum atomic E-state index is 12.3. The SMILES string of the molecule is C=CC(=O)OCCOC(=O)C1CCCC(C)=C1C(=O)OCC1CO1. The van der Waals surface area contributed by atoms with Crippen molar-refractivity contribution in [2.75, 3.05) is 26.4 Å². The van der Waals surface area contributed by atoms with E-state index < -0.39 is 23.8 Å². The van der Waals surface area contributed by atoms with Gasteiger partial charge in [0.15, 0.2) is 0 Å². The molecule has 7 heteroatoms. The van der Waals surface area contributed by atoms with Crippen LogP contribution in [0.4, 0.5) is 0 Å². The van der Waals surface area contributed by atoms with Crippen LogP contribution >= 0.6 is 0 Å². The number of carbonyl (C=O) groups excluding carboxylic acids is 3. The van der Waals surface area contributed by atoms with Crippen LogP contribution in [-0.4, -0.2) is 50.4 Å². The van der Waals surface area contributed by atoms with Gasteiger partial charge in [-0.3, -0.25) is 4.79 Å². The molecular formula is C17H22O7. The number of ether oxygens (including phenoxy) is 4. The molecule has 0 aromatic heterocycles. The third kappa shape index (κ3) is 5.19. The van der Waals surface area contributed by atoms with Gasteiger partial charge in [0.1, 0.15) is 25.9 Å². The normalized spacial score (nSPS) is 22.5. The van der Waals surface area contributed by atoms with Crippen LogP contribution < -0.4 is 0 Å². The van der Waals surface area contributed by atoms with Gasteiger partial charge in [0.05, 0.1) is 18.1 Å². The van der Waals surface area contributed by atoms with Crippen LogP contribution in [0.25, 0.3) is 0 Å². The van der Waals surface area contributed by atoms with E-state index in [-0.39, 0.29) is 25.9 Å². The molecule has 1 aliphatic heterocycles. The lowest BCUT2D eigenvalue weighted by Gasteiger charge is -2.24. The van der Waals surface area contributed by atoms with Gasteiger partial charge >= 0.3 is 17.9 Å². The zero-order valence-corrected chi connectivity index (χ0v) is 13.7. The van der Waals surface area contributed by atoms with E-state index in [1.54, 1.807) is 0 Å². The highest BCUT2D eigenvalue weighted by molar-refractivity contribution is 5.96. The topological polar surface area (TPSA) is 91.4 Å². The van der Waals surface area contributed by atoms with Crippen molar-refractivity contribution >= 4 is 17.9 Å². The first-order chi connectivity index (χ1) is 11.5. The molecule has 0 radical (unpaired) electrons. The number of rotatable bonds is 8. The molecular weight excluding hydrogens is 316 g/mol. The van der Waals surface area contributed by atoms with Crippen molar-refractivity contribution in [2.45, 2.75) is 32.3 Å². The monoisotopic (exact) mass is 338 g/mol. The fraction of sp³-hybridized carbons (Fsp3) is 0.588. The van der Waals surface area contributed by atoms with Gasteiger partial charge in [-0.05, 0) is 26.2 Å². The van der Waals surface area contributed by atoms with Crippen LogP contribution in [0.5, 0.6) is 0 Å². The van der Waals surface area contributed by atoms with Gasteiger partial charge in [-0.1, -0.05) is 12.2 Å². The molecule has 1 aliphatic carbocycles. The summed E-state index contributed by atoms with van der Waals surface area (Å²) in [5.41, 5.74) is 1.23. The fourth-order valence-corrected chi connectivity index (χ4v) is 2.55. The minimum absolute atomic E-state index is 0.0246. The molecule has 0 saturated carbocycles. The third-order valence-electron chi connectivity index (χ3n) is 3.90. The molecule has 2 atom stereocenters. The highest BCUT2D eigenvalue weighted by atomic mass is 16.6. The Morgan fingerprint density at radius 1 is 1.25 bits per heavy atom. The molecule has 0 aromatic rings. The molecule has 132 valence electrons. The molecule has 0 N–H and O–H groups in total. The van der Waals surface area contributed by atoms with E-state index in [2.05, 4.69) is 6.58 Å². The molecule has 24 heavy (non-hydrogen) atoms. The zero-order valence-electron chi connectivity index (χ0n) is 13.7. The smallest absolute Gasteiger partial charge is 0.334 e. The Morgan fingerprint density at radius 2 is 1.96 bits per heavy atom. The lowest BCUT2D eigenvalue weighted by Crippen LogP contribution is -2.30. The highest BCUT2D eigenvalue weighted by Crippen LogP contribution is 2.32. The number of carbonyl (C=O) groups is 3. The molecule has 2 unspecified atom stereocenters. The quantitative estimate of drug-likeness (QED) is 0.217. The summed E-state index contributed by atoms with van der Waals surface area (Å²) in [5, 5.41) is 0. The van der Waals surface area contributed by atoms with E-state index >= 15 is 0 Å². The number of esters is 3. The molecule has 1 saturated heterocycles. The molecule has 2 rings (SSSR count). The van der Waals surface area contributed by atoms with Gasteiger partial charge in [-0.15, -0.1) is 0 Å². The van der Waals surface area contributed by atoms with E-state index in [9.17, 15) is 14.4 Å². The number of hydrogen-bond acceptors (Lipinski definition) is 7. The highest BCUT2D eigenvalue weighted by Gasteiger charge is 2.35. The predicted octanol–water partition coefficient (Wildman–Crippen LogP) is 1.32. The predicted molar refractivity (Wildman–Crippen MR) is 82.9 cm³/mol. The second kappa shape index (κ2) is 8.63. The van der Waals surface area contributed by atoms with E-state index in [0.29, 0.717) is 18.6 Å². The Balaban J connectivity index is 1.88. The zero-order chi connectivity index (χ0) is 17.5. The summed E-state index contributed by atoms with van der Waals surface area (Å²) in [6.07, 6.45) is 3.10. The van der Waals surface area contributed by atoms with Crippen molar-refractivity contribution in [1.82, 2.24) is 0 Å². The van der Waals surface area contributed by atoms with Gasteiger partial charge in [0.2, 0.25) is 0 Å². The van der Waals surface area contributed by atoms with Crippen molar-refractivity contribution < 1.29 is 33.3 Å².